The average Bonchev–Trinajstić information content (AvgIpc) is 2.45. The SMILES string of the molecule is CCC(C(=O)Nc1cnc(Cl)c(Br)c1)c1ccccc1. The molecule has 0 bridgehead atoms. The Labute approximate surface area is 131 Å². The van der Waals surface area contributed by atoms with Gasteiger partial charge < -0.3 is 5.32 Å². The summed E-state index contributed by atoms with van der Waals surface area (Å²) in [6.07, 6.45) is 2.28. The highest BCUT2D eigenvalue weighted by Crippen LogP contribution is 2.25. The van der Waals surface area contributed by atoms with E-state index in [-0.39, 0.29) is 11.8 Å². The Hall–Kier alpha value is -1.39. The molecule has 104 valence electrons. The van der Waals surface area contributed by atoms with Crippen LogP contribution in [-0.4, -0.2) is 10.9 Å². The third kappa shape index (κ3) is 3.58. The van der Waals surface area contributed by atoms with Gasteiger partial charge in [-0.05, 0) is 34.0 Å². The van der Waals surface area contributed by atoms with Crippen LogP contribution in [0.5, 0.6) is 0 Å². The van der Waals surface area contributed by atoms with Gasteiger partial charge in [-0.1, -0.05) is 48.9 Å². The summed E-state index contributed by atoms with van der Waals surface area (Å²) < 4.78 is 0.657. The van der Waals surface area contributed by atoms with Gasteiger partial charge in [-0.25, -0.2) is 4.98 Å². The first-order chi connectivity index (χ1) is 9.61. The molecule has 3 nitrogen and oxygen atoms in total. The molecule has 1 N–H and O–H groups in total. The number of amides is 1. The van der Waals surface area contributed by atoms with E-state index in [4.69, 9.17) is 11.6 Å². The molecule has 1 heterocycles. The Bertz CT molecular complexity index is 604. The molecule has 1 aromatic carbocycles. The van der Waals surface area contributed by atoms with E-state index in [1.54, 1.807) is 12.3 Å². The third-order valence-corrected chi connectivity index (χ3v) is 4.12. The molecule has 0 aliphatic heterocycles. The number of aromatic nitrogens is 1. The van der Waals surface area contributed by atoms with Crippen molar-refractivity contribution in [1.82, 2.24) is 4.98 Å². The third-order valence-electron chi connectivity index (χ3n) is 2.99. The molecule has 1 atom stereocenters. The molecule has 5 heteroatoms. The molecule has 1 aromatic heterocycles. The Kier molecular flexibility index (Phi) is 5.15. The minimum absolute atomic E-state index is 0.0466. The largest absolute Gasteiger partial charge is 0.324 e. The smallest absolute Gasteiger partial charge is 0.231 e. The van der Waals surface area contributed by atoms with E-state index < -0.39 is 0 Å². The van der Waals surface area contributed by atoms with E-state index >= 15 is 0 Å². The normalized spacial score (nSPS) is 11.9. The van der Waals surface area contributed by atoms with Gasteiger partial charge in [-0.15, -0.1) is 0 Å². The van der Waals surface area contributed by atoms with Gasteiger partial charge in [0.05, 0.1) is 22.3 Å². The van der Waals surface area contributed by atoms with Gasteiger partial charge in [-0.2, -0.15) is 0 Å². The highest BCUT2D eigenvalue weighted by atomic mass is 79.9. The first-order valence-electron chi connectivity index (χ1n) is 6.28. The van der Waals surface area contributed by atoms with Gasteiger partial charge in [0.2, 0.25) is 5.91 Å². The second kappa shape index (κ2) is 6.86. The highest BCUT2D eigenvalue weighted by molar-refractivity contribution is 9.10. The summed E-state index contributed by atoms with van der Waals surface area (Å²) in [7, 11) is 0. The molecule has 0 radical (unpaired) electrons. The maximum atomic E-state index is 12.4. The zero-order chi connectivity index (χ0) is 14.5. The van der Waals surface area contributed by atoms with E-state index in [1.807, 2.05) is 37.3 Å². The van der Waals surface area contributed by atoms with Crippen molar-refractivity contribution >= 4 is 39.1 Å². The first-order valence-corrected chi connectivity index (χ1v) is 7.45. The van der Waals surface area contributed by atoms with E-state index in [2.05, 4.69) is 26.2 Å². The summed E-state index contributed by atoms with van der Waals surface area (Å²) in [6.45, 7) is 1.99. The van der Waals surface area contributed by atoms with Gasteiger partial charge in [0.1, 0.15) is 5.15 Å². The second-order valence-electron chi connectivity index (χ2n) is 4.36. The first kappa shape index (κ1) is 15.0. The van der Waals surface area contributed by atoms with E-state index in [1.165, 1.54) is 0 Å². The quantitative estimate of drug-likeness (QED) is 0.814. The van der Waals surface area contributed by atoms with Crippen LogP contribution >= 0.6 is 27.5 Å². The zero-order valence-electron chi connectivity index (χ0n) is 10.9. The number of benzene rings is 1. The predicted octanol–water partition coefficient (Wildman–Crippen LogP) is 4.63. The monoisotopic (exact) mass is 352 g/mol. The van der Waals surface area contributed by atoms with Crippen LogP contribution in [0.25, 0.3) is 0 Å². The second-order valence-corrected chi connectivity index (χ2v) is 5.57. The van der Waals surface area contributed by atoms with Gasteiger partial charge >= 0.3 is 0 Å². The molecular formula is C15H14BrClN2O. The highest BCUT2D eigenvalue weighted by Gasteiger charge is 2.18. The number of hydrogen-bond acceptors (Lipinski definition) is 2. The van der Waals surface area contributed by atoms with Crippen LogP contribution in [0, 0.1) is 0 Å². The fraction of sp³-hybridized carbons (Fsp3) is 0.200. The fourth-order valence-corrected chi connectivity index (χ4v) is 2.43. The lowest BCUT2D eigenvalue weighted by atomic mass is 9.95. The Morgan fingerprint density at radius 2 is 2.10 bits per heavy atom. The number of carbonyl (C=O) groups excluding carboxylic acids is 1. The lowest BCUT2D eigenvalue weighted by Crippen LogP contribution is -2.20. The molecule has 20 heavy (non-hydrogen) atoms. The van der Waals surface area contributed by atoms with Crippen molar-refractivity contribution in [3.05, 3.63) is 57.8 Å². The van der Waals surface area contributed by atoms with Crippen molar-refractivity contribution in [3.8, 4) is 0 Å². The van der Waals surface area contributed by atoms with Crippen molar-refractivity contribution in [3.63, 3.8) is 0 Å². The Balaban J connectivity index is 2.15. The van der Waals surface area contributed by atoms with Crippen LogP contribution in [0.15, 0.2) is 47.1 Å². The van der Waals surface area contributed by atoms with Crippen LogP contribution in [-0.2, 0) is 4.79 Å². The molecule has 0 aliphatic rings. The van der Waals surface area contributed by atoms with E-state index in [0.29, 0.717) is 15.3 Å². The summed E-state index contributed by atoms with van der Waals surface area (Å²) in [5.41, 5.74) is 1.63. The number of nitrogens with zero attached hydrogens (tertiary/aromatic N) is 1. The summed E-state index contributed by atoms with van der Waals surface area (Å²) in [5.74, 6) is -0.222. The number of halogens is 2. The lowest BCUT2D eigenvalue weighted by molar-refractivity contribution is -0.117. The standard InChI is InChI=1S/C15H14BrClN2O/c1-2-12(10-6-4-3-5-7-10)15(20)19-11-8-13(16)14(17)18-9-11/h3-9,12H,2H2,1H3,(H,19,20). The Morgan fingerprint density at radius 1 is 1.40 bits per heavy atom. The molecule has 0 spiro atoms. The predicted molar refractivity (Wildman–Crippen MR) is 85.1 cm³/mol. The summed E-state index contributed by atoms with van der Waals surface area (Å²) in [4.78, 5) is 16.3. The van der Waals surface area contributed by atoms with Gasteiger partial charge in [0, 0.05) is 0 Å². The van der Waals surface area contributed by atoms with Crippen molar-refractivity contribution in [1.29, 1.82) is 0 Å². The van der Waals surface area contributed by atoms with Crippen LogP contribution in [0.4, 0.5) is 5.69 Å². The summed E-state index contributed by atoms with van der Waals surface area (Å²) in [6, 6.07) is 11.5. The van der Waals surface area contributed by atoms with Crippen LogP contribution < -0.4 is 5.32 Å². The minimum atomic E-state index is -0.175. The van der Waals surface area contributed by atoms with Crippen LogP contribution in [0.2, 0.25) is 5.15 Å². The number of anilines is 1. The molecule has 1 unspecified atom stereocenters. The van der Waals surface area contributed by atoms with Gasteiger partial charge in [0.15, 0.2) is 0 Å². The number of pyridine rings is 1. The average molecular weight is 354 g/mol. The van der Waals surface area contributed by atoms with Gasteiger partial charge in [0.25, 0.3) is 0 Å². The topological polar surface area (TPSA) is 42.0 Å². The number of carbonyl (C=O) groups is 1. The molecule has 0 saturated heterocycles. The zero-order valence-corrected chi connectivity index (χ0v) is 13.3. The van der Waals surface area contributed by atoms with E-state index in [0.717, 1.165) is 12.0 Å². The van der Waals surface area contributed by atoms with Crippen molar-refractivity contribution in [2.75, 3.05) is 5.32 Å². The molecule has 1 amide bonds. The lowest BCUT2D eigenvalue weighted by Gasteiger charge is -2.15. The molecule has 0 saturated carbocycles. The minimum Gasteiger partial charge on any atom is -0.324 e. The molecule has 2 aromatic rings. The summed E-state index contributed by atoms with van der Waals surface area (Å²) >= 11 is 9.12. The van der Waals surface area contributed by atoms with E-state index in [9.17, 15) is 4.79 Å². The number of nitrogens with one attached hydrogen (secondary N) is 1. The molecular weight excluding hydrogens is 340 g/mol. The number of rotatable bonds is 4. The van der Waals surface area contributed by atoms with Crippen molar-refractivity contribution in [2.24, 2.45) is 0 Å². The maximum absolute atomic E-state index is 12.4. The van der Waals surface area contributed by atoms with Crippen LogP contribution in [0.1, 0.15) is 24.8 Å². The summed E-state index contributed by atoms with van der Waals surface area (Å²) in [5, 5.41) is 3.24. The Morgan fingerprint density at radius 3 is 2.70 bits per heavy atom. The molecule has 2 rings (SSSR count). The number of hydrogen-bond donors (Lipinski definition) is 1. The van der Waals surface area contributed by atoms with Crippen molar-refractivity contribution in [2.45, 2.75) is 19.3 Å². The fourth-order valence-electron chi connectivity index (χ4n) is 1.98. The van der Waals surface area contributed by atoms with Crippen molar-refractivity contribution < 1.29 is 4.79 Å². The molecule has 0 aliphatic carbocycles. The maximum Gasteiger partial charge on any atom is 0.231 e. The van der Waals surface area contributed by atoms with Crippen LogP contribution in [0.3, 0.4) is 0 Å². The molecule has 0 fully saturated rings. The van der Waals surface area contributed by atoms with Gasteiger partial charge in [-0.3, -0.25) is 4.79 Å².